The van der Waals surface area contributed by atoms with Crippen molar-refractivity contribution in [3.05, 3.63) is 53.6 Å². The van der Waals surface area contributed by atoms with Gasteiger partial charge in [0.2, 0.25) is 11.8 Å². The number of primary amides is 1. The molecule has 146 valence electrons. The lowest BCUT2D eigenvalue weighted by molar-refractivity contribution is -0.114. The zero-order chi connectivity index (χ0) is 20.1. The molecule has 3 amide bonds. The van der Waals surface area contributed by atoms with Gasteiger partial charge in [-0.3, -0.25) is 14.4 Å². The zero-order valence-corrected chi connectivity index (χ0v) is 15.8. The number of hydrogen-bond acceptors (Lipinski definition) is 4. The molecule has 0 unspecified atom stereocenters. The Bertz CT molecular complexity index is 887. The Kier molecular flexibility index (Phi) is 5.93. The van der Waals surface area contributed by atoms with E-state index in [2.05, 4.69) is 15.5 Å². The zero-order valence-electron chi connectivity index (χ0n) is 15.8. The van der Waals surface area contributed by atoms with E-state index in [9.17, 15) is 14.4 Å². The normalized spacial score (nSPS) is 13.7. The van der Waals surface area contributed by atoms with E-state index >= 15 is 0 Å². The van der Waals surface area contributed by atoms with Gasteiger partial charge in [-0.2, -0.15) is 0 Å². The number of hydrogen-bond donors (Lipinski definition) is 3. The molecule has 4 N–H and O–H groups in total. The van der Waals surface area contributed by atoms with E-state index in [1.165, 1.54) is 13.3 Å². The van der Waals surface area contributed by atoms with E-state index in [1.54, 1.807) is 36.4 Å². The first-order valence-corrected chi connectivity index (χ1v) is 9.32. The van der Waals surface area contributed by atoms with Gasteiger partial charge in [0.25, 0.3) is 5.91 Å². The molecule has 1 aliphatic heterocycles. The third-order valence-corrected chi connectivity index (χ3v) is 4.69. The van der Waals surface area contributed by atoms with Crippen LogP contribution >= 0.6 is 0 Å². The minimum absolute atomic E-state index is 0.174. The molecule has 1 fully saturated rings. The highest BCUT2D eigenvalue weighted by Gasteiger charge is 2.18. The number of benzene rings is 2. The highest BCUT2D eigenvalue weighted by molar-refractivity contribution is 6.07. The fourth-order valence-corrected chi connectivity index (χ4v) is 3.30. The highest BCUT2D eigenvalue weighted by atomic mass is 16.2. The van der Waals surface area contributed by atoms with Crippen LogP contribution in [-0.4, -0.2) is 30.8 Å². The van der Waals surface area contributed by atoms with Crippen molar-refractivity contribution >= 4 is 34.8 Å². The predicted molar refractivity (Wildman–Crippen MR) is 110 cm³/mol. The van der Waals surface area contributed by atoms with E-state index in [-0.39, 0.29) is 11.8 Å². The topological polar surface area (TPSA) is 105 Å². The first-order chi connectivity index (χ1) is 13.4. The standard InChI is InChI=1S/C21H24N4O3/c1-14(26)23-17-8-5-15(6-9-17)21(28)24-18-13-16(20(22)27)7-10-19(18)25-11-3-2-4-12-25/h5-10,13H,2-4,11-12H2,1H3,(H2,22,27)(H,23,26)(H,24,28). The maximum atomic E-state index is 12.7. The first-order valence-electron chi connectivity index (χ1n) is 9.32. The van der Waals surface area contributed by atoms with Crippen LogP contribution in [0.15, 0.2) is 42.5 Å². The van der Waals surface area contributed by atoms with Crippen molar-refractivity contribution in [2.45, 2.75) is 26.2 Å². The molecule has 1 aliphatic rings. The molecule has 1 heterocycles. The summed E-state index contributed by atoms with van der Waals surface area (Å²) in [5.41, 5.74) is 8.27. The summed E-state index contributed by atoms with van der Waals surface area (Å²) in [6.07, 6.45) is 3.38. The minimum atomic E-state index is -0.541. The van der Waals surface area contributed by atoms with Crippen LogP contribution in [0.3, 0.4) is 0 Å². The van der Waals surface area contributed by atoms with Crippen LogP contribution in [0.5, 0.6) is 0 Å². The van der Waals surface area contributed by atoms with Crippen molar-refractivity contribution in [2.24, 2.45) is 5.73 Å². The Hall–Kier alpha value is -3.35. The lowest BCUT2D eigenvalue weighted by Crippen LogP contribution is -2.30. The summed E-state index contributed by atoms with van der Waals surface area (Å²) in [6, 6.07) is 11.8. The third-order valence-electron chi connectivity index (χ3n) is 4.69. The van der Waals surface area contributed by atoms with Crippen molar-refractivity contribution in [1.29, 1.82) is 0 Å². The molecule has 0 saturated carbocycles. The van der Waals surface area contributed by atoms with Crippen LogP contribution in [0.4, 0.5) is 17.1 Å². The van der Waals surface area contributed by atoms with E-state index in [0.717, 1.165) is 31.6 Å². The maximum absolute atomic E-state index is 12.7. The van der Waals surface area contributed by atoms with Gasteiger partial charge >= 0.3 is 0 Å². The number of amides is 3. The van der Waals surface area contributed by atoms with Crippen LogP contribution in [-0.2, 0) is 4.79 Å². The van der Waals surface area contributed by atoms with Crippen LogP contribution in [0.2, 0.25) is 0 Å². The van der Waals surface area contributed by atoms with Gasteiger partial charge in [-0.25, -0.2) is 0 Å². The van der Waals surface area contributed by atoms with Gasteiger partial charge in [0.1, 0.15) is 0 Å². The molecule has 0 aromatic heterocycles. The maximum Gasteiger partial charge on any atom is 0.255 e. The second-order valence-corrected chi connectivity index (χ2v) is 6.86. The average molecular weight is 380 g/mol. The van der Waals surface area contributed by atoms with Crippen LogP contribution in [0.1, 0.15) is 46.9 Å². The number of rotatable bonds is 5. The Labute approximate surface area is 163 Å². The molecule has 0 atom stereocenters. The van der Waals surface area contributed by atoms with Gasteiger partial charge < -0.3 is 21.3 Å². The van der Waals surface area contributed by atoms with E-state index in [1.807, 2.05) is 6.07 Å². The molecule has 1 saturated heterocycles. The molecular formula is C21H24N4O3. The molecule has 0 bridgehead atoms. The number of carbonyl (C=O) groups is 3. The smallest absolute Gasteiger partial charge is 0.255 e. The van der Waals surface area contributed by atoms with Gasteiger partial charge in [-0.1, -0.05) is 0 Å². The Morgan fingerprint density at radius 3 is 2.14 bits per heavy atom. The second kappa shape index (κ2) is 8.56. The Balaban J connectivity index is 1.84. The van der Waals surface area contributed by atoms with Gasteiger partial charge in [-0.15, -0.1) is 0 Å². The number of piperidine rings is 1. The molecule has 28 heavy (non-hydrogen) atoms. The van der Waals surface area contributed by atoms with Crippen molar-refractivity contribution < 1.29 is 14.4 Å². The fourth-order valence-electron chi connectivity index (χ4n) is 3.30. The quantitative estimate of drug-likeness (QED) is 0.742. The van der Waals surface area contributed by atoms with Gasteiger partial charge in [0, 0.05) is 36.8 Å². The van der Waals surface area contributed by atoms with E-state index < -0.39 is 5.91 Å². The van der Waals surface area contributed by atoms with Crippen molar-refractivity contribution in [3.63, 3.8) is 0 Å². The number of nitrogens with one attached hydrogen (secondary N) is 2. The fraction of sp³-hybridized carbons (Fsp3) is 0.286. The molecule has 2 aromatic rings. The number of nitrogens with zero attached hydrogens (tertiary/aromatic N) is 1. The van der Waals surface area contributed by atoms with Crippen molar-refractivity contribution in [3.8, 4) is 0 Å². The van der Waals surface area contributed by atoms with Crippen molar-refractivity contribution in [2.75, 3.05) is 28.6 Å². The van der Waals surface area contributed by atoms with Crippen molar-refractivity contribution in [1.82, 2.24) is 0 Å². The number of nitrogens with two attached hydrogens (primary N) is 1. The number of carbonyl (C=O) groups excluding carboxylic acids is 3. The molecule has 2 aromatic carbocycles. The molecule has 0 aliphatic carbocycles. The summed E-state index contributed by atoms with van der Waals surface area (Å²) in [7, 11) is 0. The summed E-state index contributed by atoms with van der Waals surface area (Å²) in [6.45, 7) is 3.24. The second-order valence-electron chi connectivity index (χ2n) is 6.86. The van der Waals surface area contributed by atoms with Gasteiger partial charge in [0.05, 0.1) is 11.4 Å². The monoisotopic (exact) mass is 380 g/mol. The largest absolute Gasteiger partial charge is 0.370 e. The SMILES string of the molecule is CC(=O)Nc1ccc(C(=O)Nc2cc(C(N)=O)ccc2N2CCCCC2)cc1. The molecule has 7 heteroatoms. The van der Waals surface area contributed by atoms with Crippen LogP contribution in [0.25, 0.3) is 0 Å². The molecule has 0 radical (unpaired) electrons. The Morgan fingerprint density at radius 1 is 0.893 bits per heavy atom. The van der Waals surface area contributed by atoms with Gasteiger partial charge in [-0.05, 0) is 61.7 Å². The molecule has 7 nitrogen and oxygen atoms in total. The Morgan fingerprint density at radius 2 is 1.54 bits per heavy atom. The lowest BCUT2D eigenvalue weighted by Gasteiger charge is -2.30. The predicted octanol–water partition coefficient (Wildman–Crippen LogP) is 2.99. The molecular weight excluding hydrogens is 356 g/mol. The summed E-state index contributed by atoms with van der Waals surface area (Å²) >= 11 is 0. The summed E-state index contributed by atoms with van der Waals surface area (Å²) in [5.74, 6) is -1.01. The van der Waals surface area contributed by atoms with Crippen LogP contribution < -0.4 is 21.3 Å². The van der Waals surface area contributed by atoms with E-state index in [0.29, 0.717) is 22.5 Å². The molecule has 0 spiro atoms. The minimum Gasteiger partial charge on any atom is -0.370 e. The van der Waals surface area contributed by atoms with E-state index in [4.69, 9.17) is 5.73 Å². The van der Waals surface area contributed by atoms with Gasteiger partial charge in [0.15, 0.2) is 0 Å². The highest BCUT2D eigenvalue weighted by Crippen LogP contribution is 2.30. The summed E-state index contributed by atoms with van der Waals surface area (Å²) in [4.78, 5) is 37.6. The average Bonchev–Trinajstić information content (AvgIpc) is 2.68. The molecule has 3 rings (SSSR count). The first kappa shape index (κ1) is 19.4. The lowest BCUT2D eigenvalue weighted by atomic mass is 10.1. The number of anilines is 3. The summed E-state index contributed by atoms with van der Waals surface area (Å²) in [5, 5.41) is 5.57. The van der Waals surface area contributed by atoms with Crippen LogP contribution in [0, 0.1) is 0 Å². The summed E-state index contributed by atoms with van der Waals surface area (Å²) < 4.78 is 0. The third kappa shape index (κ3) is 4.68.